The van der Waals surface area contributed by atoms with Gasteiger partial charge >= 0.3 is 0 Å². The third-order valence-electron chi connectivity index (χ3n) is 3.94. The molecule has 100 valence electrons. The largest absolute Gasteiger partial charge is 0.396 e. The first-order valence-electron chi connectivity index (χ1n) is 6.81. The molecule has 0 aliphatic carbocycles. The molecule has 0 aromatic heterocycles. The van der Waals surface area contributed by atoms with Gasteiger partial charge in [-0.25, -0.2) is 0 Å². The Morgan fingerprint density at radius 3 is 2.76 bits per heavy atom. The number of aliphatic hydroxyl groups is 1. The van der Waals surface area contributed by atoms with Crippen molar-refractivity contribution in [2.45, 2.75) is 52.0 Å². The summed E-state index contributed by atoms with van der Waals surface area (Å²) >= 11 is 0. The van der Waals surface area contributed by atoms with Crippen LogP contribution in [-0.2, 0) is 4.79 Å². The molecule has 3 N–H and O–H groups in total. The second kappa shape index (κ2) is 6.97. The van der Waals surface area contributed by atoms with Crippen LogP contribution in [0.15, 0.2) is 0 Å². The summed E-state index contributed by atoms with van der Waals surface area (Å²) in [6.07, 6.45) is 4.44. The molecule has 0 aromatic rings. The third-order valence-corrected chi connectivity index (χ3v) is 3.94. The van der Waals surface area contributed by atoms with Gasteiger partial charge in [-0.3, -0.25) is 4.79 Å². The monoisotopic (exact) mass is 242 g/mol. The lowest BCUT2D eigenvalue weighted by atomic mass is 9.77. The normalized spacial score (nSPS) is 26.5. The van der Waals surface area contributed by atoms with E-state index >= 15 is 0 Å². The molecule has 1 aliphatic rings. The van der Waals surface area contributed by atoms with E-state index in [4.69, 9.17) is 5.11 Å². The van der Waals surface area contributed by atoms with Gasteiger partial charge in [0.2, 0.25) is 5.91 Å². The minimum absolute atomic E-state index is 0.109. The summed E-state index contributed by atoms with van der Waals surface area (Å²) in [6.45, 7) is 6.06. The standard InChI is InChI=1S/C13H26N2O2/c1-3-11(6-9-16)15-12(17)13(4-2)7-5-8-14-10-13/h11,14,16H,3-10H2,1-2H3,(H,15,17). The summed E-state index contributed by atoms with van der Waals surface area (Å²) < 4.78 is 0. The van der Waals surface area contributed by atoms with E-state index < -0.39 is 0 Å². The van der Waals surface area contributed by atoms with Crippen molar-refractivity contribution in [3.05, 3.63) is 0 Å². The van der Waals surface area contributed by atoms with Crippen LogP contribution < -0.4 is 10.6 Å². The van der Waals surface area contributed by atoms with E-state index in [2.05, 4.69) is 17.6 Å². The zero-order chi connectivity index (χ0) is 12.7. The SMILES string of the molecule is CCC(CCO)NC(=O)C1(CC)CCCNC1. The minimum atomic E-state index is -0.235. The third kappa shape index (κ3) is 3.68. The molecule has 0 saturated carbocycles. The van der Waals surface area contributed by atoms with Gasteiger partial charge in [-0.1, -0.05) is 13.8 Å². The first-order chi connectivity index (χ1) is 8.18. The molecule has 17 heavy (non-hydrogen) atoms. The number of aliphatic hydroxyl groups excluding tert-OH is 1. The molecular formula is C13H26N2O2. The van der Waals surface area contributed by atoms with E-state index in [1.807, 2.05) is 6.92 Å². The second-order valence-corrected chi connectivity index (χ2v) is 5.01. The van der Waals surface area contributed by atoms with Crippen molar-refractivity contribution < 1.29 is 9.90 Å². The number of amides is 1. The maximum absolute atomic E-state index is 12.4. The van der Waals surface area contributed by atoms with Crippen molar-refractivity contribution in [1.29, 1.82) is 0 Å². The van der Waals surface area contributed by atoms with E-state index in [0.29, 0.717) is 6.42 Å². The van der Waals surface area contributed by atoms with Gasteiger partial charge in [0.15, 0.2) is 0 Å². The Morgan fingerprint density at radius 1 is 1.53 bits per heavy atom. The molecule has 2 unspecified atom stereocenters. The summed E-state index contributed by atoms with van der Waals surface area (Å²) in [7, 11) is 0. The molecule has 0 aromatic carbocycles. The highest BCUT2D eigenvalue weighted by atomic mass is 16.3. The molecule has 1 rings (SSSR count). The van der Waals surface area contributed by atoms with Crippen LogP contribution in [0.1, 0.15) is 46.0 Å². The van der Waals surface area contributed by atoms with E-state index in [1.54, 1.807) is 0 Å². The summed E-state index contributed by atoms with van der Waals surface area (Å²) in [6, 6.07) is 0.109. The first-order valence-corrected chi connectivity index (χ1v) is 6.81. The topological polar surface area (TPSA) is 61.4 Å². The highest BCUT2D eigenvalue weighted by Crippen LogP contribution is 2.30. The van der Waals surface area contributed by atoms with E-state index in [9.17, 15) is 4.79 Å². The summed E-state index contributed by atoms with van der Waals surface area (Å²) in [5.74, 6) is 0.160. The predicted octanol–water partition coefficient (Wildman–Crippen LogP) is 1.04. The number of carbonyl (C=O) groups is 1. The minimum Gasteiger partial charge on any atom is -0.396 e. The van der Waals surface area contributed by atoms with Gasteiger partial charge in [0, 0.05) is 19.2 Å². The lowest BCUT2D eigenvalue weighted by Gasteiger charge is -2.36. The fourth-order valence-corrected chi connectivity index (χ4v) is 2.50. The number of nitrogens with one attached hydrogen (secondary N) is 2. The summed E-state index contributed by atoms with van der Waals surface area (Å²) in [5.41, 5.74) is -0.235. The highest BCUT2D eigenvalue weighted by Gasteiger charge is 2.38. The lowest BCUT2D eigenvalue weighted by molar-refractivity contribution is -0.133. The van der Waals surface area contributed by atoms with E-state index in [1.165, 1.54) is 0 Å². The number of carbonyl (C=O) groups excluding carboxylic acids is 1. The number of rotatable bonds is 6. The van der Waals surface area contributed by atoms with Gasteiger partial charge in [0.1, 0.15) is 0 Å². The van der Waals surface area contributed by atoms with Crippen molar-refractivity contribution in [3.63, 3.8) is 0 Å². The smallest absolute Gasteiger partial charge is 0.227 e. The molecule has 4 nitrogen and oxygen atoms in total. The van der Waals surface area contributed by atoms with E-state index in [-0.39, 0.29) is 24.0 Å². The maximum Gasteiger partial charge on any atom is 0.227 e. The Hall–Kier alpha value is -0.610. The quantitative estimate of drug-likeness (QED) is 0.652. The van der Waals surface area contributed by atoms with Crippen LogP contribution >= 0.6 is 0 Å². The number of piperidine rings is 1. The first kappa shape index (κ1) is 14.5. The van der Waals surface area contributed by atoms with Crippen LogP contribution in [0.25, 0.3) is 0 Å². The van der Waals surface area contributed by atoms with Crippen LogP contribution in [0.4, 0.5) is 0 Å². The van der Waals surface area contributed by atoms with Gasteiger partial charge in [0.05, 0.1) is 5.41 Å². The molecule has 1 aliphatic heterocycles. The van der Waals surface area contributed by atoms with Gasteiger partial charge in [0.25, 0.3) is 0 Å². The van der Waals surface area contributed by atoms with Gasteiger partial charge in [-0.2, -0.15) is 0 Å². The highest BCUT2D eigenvalue weighted by molar-refractivity contribution is 5.83. The molecule has 4 heteroatoms. The molecule has 0 radical (unpaired) electrons. The molecule has 0 bridgehead atoms. The molecule has 2 atom stereocenters. The molecule has 1 fully saturated rings. The summed E-state index contributed by atoms with van der Waals surface area (Å²) in [4.78, 5) is 12.4. The van der Waals surface area contributed by atoms with Gasteiger partial charge < -0.3 is 15.7 Å². The second-order valence-electron chi connectivity index (χ2n) is 5.01. The molecule has 1 saturated heterocycles. The van der Waals surface area contributed by atoms with Crippen molar-refractivity contribution in [1.82, 2.24) is 10.6 Å². The summed E-state index contributed by atoms with van der Waals surface area (Å²) in [5, 5.41) is 15.4. The van der Waals surface area contributed by atoms with Crippen LogP contribution in [0.5, 0.6) is 0 Å². The fourth-order valence-electron chi connectivity index (χ4n) is 2.50. The number of hydrogen-bond donors (Lipinski definition) is 3. The number of hydrogen-bond acceptors (Lipinski definition) is 3. The van der Waals surface area contributed by atoms with Crippen molar-refractivity contribution >= 4 is 5.91 Å². The zero-order valence-corrected chi connectivity index (χ0v) is 11.1. The molecule has 0 spiro atoms. The van der Waals surface area contributed by atoms with E-state index in [0.717, 1.165) is 38.8 Å². The van der Waals surface area contributed by atoms with Crippen LogP contribution in [-0.4, -0.2) is 36.8 Å². The van der Waals surface area contributed by atoms with Crippen LogP contribution in [0.2, 0.25) is 0 Å². The maximum atomic E-state index is 12.4. The Balaban J connectivity index is 2.58. The lowest BCUT2D eigenvalue weighted by Crippen LogP contribution is -2.52. The van der Waals surface area contributed by atoms with Crippen LogP contribution in [0.3, 0.4) is 0 Å². The Labute approximate surface area is 104 Å². The van der Waals surface area contributed by atoms with Gasteiger partial charge in [-0.15, -0.1) is 0 Å². The molecular weight excluding hydrogens is 216 g/mol. The Kier molecular flexibility index (Phi) is 5.92. The fraction of sp³-hybridized carbons (Fsp3) is 0.923. The van der Waals surface area contributed by atoms with Gasteiger partial charge in [-0.05, 0) is 38.6 Å². The van der Waals surface area contributed by atoms with Crippen molar-refractivity contribution in [3.8, 4) is 0 Å². The Bertz CT molecular complexity index is 238. The van der Waals surface area contributed by atoms with Crippen molar-refractivity contribution in [2.24, 2.45) is 5.41 Å². The average molecular weight is 242 g/mol. The Morgan fingerprint density at radius 2 is 2.29 bits per heavy atom. The van der Waals surface area contributed by atoms with Crippen LogP contribution in [0, 0.1) is 5.41 Å². The molecule has 1 heterocycles. The predicted molar refractivity (Wildman–Crippen MR) is 68.8 cm³/mol. The average Bonchev–Trinajstić information content (AvgIpc) is 2.38. The van der Waals surface area contributed by atoms with Crippen molar-refractivity contribution in [2.75, 3.05) is 19.7 Å². The molecule has 1 amide bonds. The zero-order valence-electron chi connectivity index (χ0n) is 11.1.